The molecule has 0 amide bonds. The van der Waals surface area contributed by atoms with E-state index in [0.29, 0.717) is 21.3 Å². The molecule has 1 heterocycles. The molecule has 126 valence electrons. The summed E-state index contributed by atoms with van der Waals surface area (Å²) in [6.07, 6.45) is 2.86. The summed E-state index contributed by atoms with van der Waals surface area (Å²) < 4.78 is 2.30. The van der Waals surface area contributed by atoms with Gasteiger partial charge in [0.25, 0.3) is 0 Å². The summed E-state index contributed by atoms with van der Waals surface area (Å²) in [5.41, 5.74) is -0.589. The Morgan fingerprint density at radius 2 is 1.36 bits per heavy atom. The van der Waals surface area contributed by atoms with Crippen LogP contribution in [0.15, 0.2) is 70.5 Å². The number of rotatable bonds is 4. The lowest BCUT2D eigenvalue weighted by Gasteiger charge is -2.09. The number of carbonyl (C=O) groups is 1. The van der Waals surface area contributed by atoms with Gasteiger partial charge in [-0.2, -0.15) is 0 Å². The van der Waals surface area contributed by atoms with E-state index in [-0.39, 0.29) is 12.3 Å². The third kappa shape index (κ3) is 3.73. The predicted octanol–water partition coefficient (Wildman–Crippen LogP) is 3.19. The molecule has 3 rings (SSSR count). The molecular formula is C18H12Cl2N2O3. The highest BCUT2D eigenvalue weighted by atomic mass is 35.5. The Morgan fingerprint density at radius 3 is 1.96 bits per heavy atom. The Balaban J connectivity index is 1.91. The second kappa shape index (κ2) is 7.09. The Bertz CT molecular complexity index is 1040. The molecule has 0 radical (unpaired) electrons. The molecular weight excluding hydrogens is 363 g/mol. The summed E-state index contributed by atoms with van der Waals surface area (Å²) in [5, 5.41) is 1.04. The topological polar surface area (TPSA) is 61.1 Å². The summed E-state index contributed by atoms with van der Waals surface area (Å²) in [4.78, 5) is 36.8. The predicted molar refractivity (Wildman–Crippen MR) is 97.1 cm³/mol. The first-order chi connectivity index (χ1) is 12.0. The van der Waals surface area contributed by atoms with Crippen molar-refractivity contribution in [2.75, 3.05) is 0 Å². The molecule has 0 aliphatic rings. The Morgan fingerprint density at radius 1 is 0.800 bits per heavy atom. The second-order valence-electron chi connectivity index (χ2n) is 5.31. The number of Topliss-reactive ketones (excluding diaryl/α,β-unsaturated/α-hetero) is 1. The molecule has 0 fully saturated rings. The second-order valence-corrected chi connectivity index (χ2v) is 6.19. The zero-order valence-corrected chi connectivity index (χ0v) is 14.4. The summed E-state index contributed by atoms with van der Waals surface area (Å²) >= 11 is 11.6. The molecule has 0 aliphatic heterocycles. The fourth-order valence-electron chi connectivity index (χ4n) is 2.32. The van der Waals surface area contributed by atoms with E-state index in [1.165, 1.54) is 17.0 Å². The van der Waals surface area contributed by atoms with Gasteiger partial charge in [-0.25, -0.2) is 0 Å². The Labute approximate surface area is 152 Å². The van der Waals surface area contributed by atoms with E-state index in [0.717, 1.165) is 4.57 Å². The van der Waals surface area contributed by atoms with Gasteiger partial charge in [0.2, 0.25) is 0 Å². The molecule has 7 heteroatoms. The van der Waals surface area contributed by atoms with Crippen molar-refractivity contribution in [3.05, 3.63) is 97.2 Å². The van der Waals surface area contributed by atoms with Crippen LogP contribution in [-0.2, 0) is 6.54 Å². The molecule has 0 N–H and O–H groups in total. The first kappa shape index (κ1) is 17.2. The van der Waals surface area contributed by atoms with Crippen LogP contribution in [0, 0.1) is 0 Å². The van der Waals surface area contributed by atoms with Gasteiger partial charge in [-0.3, -0.25) is 19.0 Å². The first-order valence-corrected chi connectivity index (χ1v) is 8.08. The smallest absolute Gasteiger partial charge is 0.301 e. The molecule has 1 aromatic heterocycles. The first-order valence-electron chi connectivity index (χ1n) is 7.32. The average Bonchev–Trinajstić information content (AvgIpc) is 2.61. The highest BCUT2D eigenvalue weighted by molar-refractivity contribution is 6.30. The van der Waals surface area contributed by atoms with Crippen LogP contribution in [0.3, 0.4) is 0 Å². The Hall–Kier alpha value is -2.63. The van der Waals surface area contributed by atoms with Gasteiger partial charge in [0.05, 0.1) is 6.54 Å². The maximum atomic E-state index is 12.3. The molecule has 0 bridgehead atoms. The third-order valence-corrected chi connectivity index (χ3v) is 4.15. The monoisotopic (exact) mass is 374 g/mol. The number of ketones is 1. The molecule has 5 nitrogen and oxygen atoms in total. The maximum Gasteiger partial charge on any atom is 0.320 e. The van der Waals surface area contributed by atoms with Gasteiger partial charge in [-0.15, -0.1) is 0 Å². The van der Waals surface area contributed by atoms with Crippen LogP contribution in [0.2, 0.25) is 10.0 Å². The van der Waals surface area contributed by atoms with E-state index in [1.807, 2.05) is 0 Å². The average molecular weight is 375 g/mol. The lowest BCUT2D eigenvalue weighted by atomic mass is 10.1. The lowest BCUT2D eigenvalue weighted by molar-refractivity contribution is 0.0970. The number of aromatic nitrogens is 2. The van der Waals surface area contributed by atoms with E-state index >= 15 is 0 Å². The van der Waals surface area contributed by atoms with Crippen LogP contribution >= 0.6 is 23.2 Å². The van der Waals surface area contributed by atoms with Gasteiger partial charge in [-0.05, 0) is 48.5 Å². The SMILES string of the molecule is O=C(Cn1ccn(-c2ccc(Cl)cc2)c(=O)c1=O)c1ccc(Cl)cc1. The highest BCUT2D eigenvalue weighted by Crippen LogP contribution is 2.12. The van der Waals surface area contributed by atoms with Gasteiger partial charge in [0, 0.05) is 33.7 Å². The van der Waals surface area contributed by atoms with Crippen LogP contribution in [0.1, 0.15) is 10.4 Å². The Kier molecular flexibility index (Phi) is 4.88. The van der Waals surface area contributed by atoms with Gasteiger partial charge in [-0.1, -0.05) is 23.2 Å². The van der Waals surface area contributed by atoms with Gasteiger partial charge < -0.3 is 4.57 Å². The van der Waals surface area contributed by atoms with Crippen molar-refractivity contribution in [1.29, 1.82) is 0 Å². The number of benzene rings is 2. The summed E-state index contributed by atoms with van der Waals surface area (Å²) in [6, 6.07) is 12.8. The van der Waals surface area contributed by atoms with Crippen molar-refractivity contribution in [1.82, 2.24) is 9.13 Å². The van der Waals surface area contributed by atoms with E-state index < -0.39 is 11.1 Å². The van der Waals surface area contributed by atoms with Gasteiger partial charge in [0.1, 0.15) is 0 Å². The van der Waals surface area contributed by atoms with Crippen LogP contribution in [0.4, 0.5) is 0 Å². The summed E-state index contributed by atoms with van der Waals surface area (Å²) in [6.45, 7) is -0.225. The third-order valence-electron chi connectivity index (χ3n) is 3.64. The molecule has 0 aliphatic carbocycles. The normalized spacial score (nSPS) is 10.6. The zero-order chi connectivity index (χ0) is 18.0. The fourth-order valence-corrected chi connectivity index (χ4v) is 2.57. The molecule has 0 atom stereocenters. The van der Waals surface area contributed by atoms with Crippen molar-refractivity contribution in [3.63, 3.8) is 0 Å². The van der Waals surface area contributed by atoms with Crippen molar-refractivity contribution >= 4 is 29.0 Å². The van der Waals surface area contributed by atoms with Crippen LogP contribution in [-0.4, -0.2) is 14.9 Å². The lowest BCUT2D eigenvalue weighted by Crippen LogP contribution is -2.41. The van der Waals surface area contributed by atoms with Crippen molar-refractivity contribution < 1.29 is 4.79 Å². The van der Waals surface area contributed by atoms with Crippen LogP contribution < -0.4 is 11.1 Å². The van der Waals surface area contributed by atoms with Crippen molar-refractivity contribution in [3.8, 4) is 5.69 Å². The number of halogens is 2. The molecule has 0 saturated heterocycles. The quantitative estimate of drug-likeness (QED) is 0.520. The van der Waals surface area contributed by atoms with E-state index in [2.05, 4.69) is 0 Å². The number of nitrogens with zero attached hydrogens (tertiary/aromatic N) is 2. The maximum absolute atomic E-state index is 12.3. The molecule has 0 saturated carbocycles. The molecule has 2 aromatic carbocycles. The van der Waals surface area contributed by atoms with Crippen LogP contribution in [0.5, 0.6) is 0 Å². The van der Waals surface area contributed by atoms with Crippen molar-refractivity contribution in [2.24, 2.45) is 0 Å². The zero-order valence-electron chi connectivity index (χ0n) is 12.9. The van der Waals surface area contributed by atoms with E-state index in [9.17, 15) is 14.4 Å². The van der Waals surface area contributed by atoms with Crippen LogP contribution in [0.25, 0.3) is 5.69 Å². The van der Waals surface area contributed by atoms with Gasteiger partial charge >= 0.3 is 11.1 Å². The standard InChI is InChI=1S/C18H12Cl2N2O3/c19-13-3-1-12(2-4-13)16(23)11-21-9-10-22(18(25)17(21)24)15-7-5-14(20)6-8-15/h1-10H,11H2. The number of carbonyl (C=O) groups excluding carboxylic acids is 1. The van der Waals surface area contributed by atoms with E-state index in [1.54, 1.807) is 48.5 Å². The molecule has 3 aromatic rings. The van der Waals surface area contributed by atoms with Gasteiger partial charge in [0.15, 0.2) is 5.78 Å². The summed E-state index contributed by atoms with van der Waals surface area (Å²) in [5.74, 6) is -0.289. The minimum atomic E-state index is -0.778. The molecule has 25 heavy (non-hydrogen) atoms. The number of hydrogen-bond acceptors (Lipinski definition) is 3. The molecule has 0 spiro atoms. The highest BCUT2D eigenvalue weighted by Gasteiger charge is 2.11. The number of hydrogen-bond donors (Lipinski definition) is 0. The van der Waals surface area contributed by atoms with Crippen molar-refractivity contribution in [2.45, 2.75) is 6.54 Å². The largest absolute Gasteiger partial charge is 0.320 e. The summed E-state index contributed by atoms with van der Waals surface area (Å²) in [7, 11) is 0. The minimum Gasteiger partial charge on any atom is -0.301 e. The van der Waals surface area contributed by atoms with E-state index in [4.69, 9.17) is 23.2 Å². The molecule has 0 unspecified atom stereocenters. The fraction of sp³-hybridized carbons (Fsp3) is 0.0556. The minimum absolute atomic E-state index is 0.225.